The number of nitrogens with two attached hydrogens (primary N) is 2. The van der Waals surface area contributed by atoms with Gasteiger partial charge in [0, 0.05) is 32.1 Å². The van der Waals surface area contributed by atoms with E-state index in [1.54, 1.807) is 19.0 Å². The summed E-state index contributed by atoms with van der Waals surface area (Å²) >= 11 is 1.54. The van der Waals surface area contributed by atoms with Crippen molar-refractivity contribution in [3.8, 4) is 0 Å². The first kappa shape index (κ1) is 22.1. The third-order valence-corrected chi connectivity index (χ3v) is 4.84. The highest BCUT2D eigenvalue weighted by Crippen LogP contribution is 2.22. The van der Waals surface area contributed by atoms with E-state index >= 15 is 0 Å². The molecule has 0 aliphatic carbocycles. The molecule has 1 amide bonds. The molecule has 2 rings (SSSR count). The topological polar surface area (TPSA) is 100 Å². The molecule has 4 N–H and O–H groups in total. The van der Waals surface area contributed by atoms with Crippen molar-refractivity contribution in [1.82, 2.24) is 9.80 Å². The summed E-state index contributed by atoms with van der Waals surface area (Å²) in [5.41, 5.74) is 12.2. The number of carbonyl (C=O) groups excluding carboxylic acids is 1. The molecule has 0 unspecified atom stereocenters. The third-order valence-electron chi connectivity index (χ3n) is 3.84. The number of guanidine groups is 2. The quantitative estimate of drug-likeness (QED) is 0.459. The zero-order valence-corrected chi connectivity index (χ0v) is 16.9. The van der Waals surface area contributed by atoms with Gasteiger partial charge in [0.05, 0.1) is 11.4 Å². The van der Waals surface area contributed by atoms with Gasteiger partial charge in [-0.25, -0.2) is 4.99 Å². The summed E-state index contributed by atoms with van der Waals surface area (Å²) < 4.78 is 0. The maximum absolute atomic E-state index is 12.2. The number of hydrogen-bond acceptors (Lipinski definition) is 3. The van der Waals surface area contributed by atoms with Gasteiger partial charge in [-0.05, 0) is 43.5 Å². The van der Waals surface area contributed by atoms with Crippen LogP contribution in [0, 0.1) is 0 Å². The largest absolute Gasteiger partial charge is 0.369 e. The van der Waals surface area contributed by atoms with Crippen LogP contribution in [0.2, 0.25) is 0 Å². The number of amides is 1. The van der Waals surface area contributed by atoms with Gasteiger partial charge in [0.1, 0.15) is 0 Å². The van der Waals surface area contributed by atoms with Crippen LogP contribution in [0.15, 0.2) is 39.1 Å². The molecule has 1 saturated heterocycles. The average Bonchev–Trinajstić information content (AvgIpc) is 2.61. The number of piperidine rings is 1. The van der Waals surface area contributed by atoms with Crippen LogP contribution >= 0.6 is 24.2 Å². The van der Waals surface area contributed by atoms with Gasteiger partial charge in [0.15, 0.2) is 5.96 Å². The normalized spacial score (nSPS) is 15.4. The number of likely N-dealkylation sites (tertiary alicyclic amines) is 1. The van der Waals surface area contributed by atoms with E-state index < -0.39 is 0 Å². The van der Waals surface area contributed by atoms with Crippen LogP contribution in [-0.4, -0.2) is 60.6 Å². The van der Waals surface area contributed by atoms with Crippen LogP contribution in [-0.2, 0) is 4.79 Å². The lowest BCUT2D eigenvalue weighted by atomic mass is 10.1. The minimum absolute atomic E-state index is 0. The van der Waals surface area contributed by atoms with Crippen LogP contribution in [0.25, 0.3) is 0 Å². The van der Waals surface area contributed by atoms with Crippen molar-refractivity contribution in [3.05, 3.63) is 24.3 Å². The molecule has 1 aliphatic rings. The van der Waals surface area contributed by atoms with Crippen LogP contribution in [0.3, 0.4) is 0 Å². The smallest absolute Gasteiger partial charge is 0.232 e. The van der Waals surface area contributed by atoms with E-state index in [0.29, 0.717) is 17.4 Å². The van der Waals surface area contributed by atoms with E-state index in [-0.39, 0.29) is 24.3 Å². The van der Waals surface area contributed by atoms with E-state index in [1.807, 2.05) is 29.2 Å². The van der Waals surface area contributed by atoms with Gasteiger partial charge in [0.2, 0.25) is 11.9 Å². The van der Waals surface area contributed by atoms with Crippen molar-refractivity contribution in [2.75, 3.05) is 32.9 Å². The van der Waals surface area contributed by atoms with E-state index in [4.69, 9.17) is 11.5 Å². The lowest BCUT2D eigenvalue weighted by Gasteiger charge is -2.26. The highest BCUT2D eigenvalue weighted by molar-refractivity contribution is 8.00. The second-order valence-electron chi connectivity index (χ2n) is 6.06. The van der Waals surface area contributed by atoms with Gasteiger partial charge in [-0.2, -0.15) is 4.99 Å². The van der Waals surface area contributed by atoms with Gasteiger partial charge >= 0.3 is 0 Å². The first-order chi connectivity index (χ1) is 12.0. The van der Waals surface area contributed by atoms with Gasteiger partial charge in [0.25, 0.3) is 0 Å². The predicted octanol–water partition coefficient (Wildman–Crippen LogP) is 2.04. The number of rotatable bonds is 4. The Kier molecular flexibility index (Phi) is 9.29. The molecule has 0 bridgehead atoms. The highest BCUT2D eigenvalue weighted by Gasteiger charge is 2.16. The van der Waals surface area contributed by atoms with E-state index in [1.165, 1.54) is 18.2 Å². The molecule has 1 heterocycles. The molecule has 0 radical (unpaired) electrons. The maximum Gasteiger partial charge on any atom is 0.232 e. The molecule has 1 aliphatic heterocycles. The highest BCUT2D eigenvalue weighted by atomic mass is 35.5. The third kappa shape index (κ3) is 7.13. The Balaban J connectivity index is 0.00000338. The second-order valence-corrected chi connectivity index (χ2v) is 7.11. The summed E-state index contributed by atoms with van der Waals surface area (Å²) in [7, 11) is 3.56. The van der Waals surface area contributed by atoms with Crippen molar-refractivity contribution < 1.29 is 4.79 Å². The number of nitrogens with zero attached hydrogens (tertiary/aromatic N) is 4. The fourth-order valence-electron chi connectivity index (χ4n) is 2.37. The monoisotopic (exact) mass is 398 g/mol. The Labute approximate surface area is 165 Å². The molecule has 0 saturated carbocycles. The molecular formula is C17H27ClN6OS. The Hall–Kier alpha value is -1.93. The molecule has 7 nitrogen and oxygen atoms in total. The molecule has 1 fully saturated rings. The summed E-state index contributed by atoms with van der Waals surface area (Å²) in [6, 6.07) is 7.56. The Bertz CT molecular complexity index is 641. The molecule has 0 atom stereocenters. The minimum Gasteiger partial charge on any atom is -0.369 e. The Morgan fingerprint density at radius 1 is 1.15 bits per heavy atom. The first-order valence-electron chi connectivity index (χ1n) is 8.32. The van der Waals surface area contributed by atoms with Gasteiger partial charge in [-0.15, -0.1) is 24.2 Å². The molecular weight excluding hydrogens is 372 g/mol. The van der Waals surface area contributed by atoms with Crippen LogP contribution in [0.4, 0.5) is 5.69 Å². The van der Waals surface area contributed by atoms with Crippen LogP contribution in [0.5, 0.6) is 0 Å². The van der Waals surface area contributed by atoms with Crippen molar-refractivity contribution in [1.29, 1.82) is 0 Å². The SMILES string of the molecule is CN(C)C(N)=NC(N)=Nc1ccc(SCC(=O)N2CCCCC2)cc1.Cl. The van der Waals surface area contributed by atoms with Crippen LogP contribution < -0.4 is 11.5 Å². The summed E-state index contributed by atoms with van der Waals surface area (Å²) in [6.07, 6.45) is 3.46. The van der Waals surface area contributed by atoms with Crippen molar-refractivity contribution in [2.24, 2.45) is 21.5 Å². The predicted molar refractivity (Wildman–Crippen MR) is 111 cm³/mol. The Morgan fingerprint density at radius 3 is 2.35 bits per heavy atom. The number of benzene rings is 1. The maximum atomic E-state index is 12.2. The fraction of sp³-hybridized carbons (Fsp3) is 0.471. The van der Waals surface area contributed by atoms with Crippen molar-refractivity contribution >= 4 is 47.7 Å². The van der Waals surface area contributed by atoms with Gasteiger partial charge in [-0.3, -0.25) is 4.79 Å². The summed E-state index contributed by atoms with van der Waals surface area (Å²) in [5.74, 6) is 1.08. The number of carbonyl (C=O) groups is 1. The average molecular weight is 399 g/mol. The van der Waals surface area contributed by atoms with E-state index in [9.17, 15) is 4.79 Å². The molecule has 26 heavy (non-hydrogen) atoms. The Morgan fingerprint density at radius 2 is 1.77 bits per heavy atom. The lowest BCUT2D eigenvalue weighted by Crippen LogP contribution is -2.36. The van der Waals surface area contributed by atoms with Gasteiger partial charge in [-0.1, -0.05) is 0 Å². The first-order valence-corrected chi connectivity index (χ1v) is 9.30. The summed E-state index contributed by atoms with van der Waals surface area (Å²) in [4.78, 5) is 25.0. The fourth-order valence-corrected chi connectivity index (χ4v) is 3.17. The minimum atomic E-state index is 0. The summed E-state index contributed by atoms with van der Waals surface area (Å²) in [5, 5.41) is 0. The number of hydrogen-bond donors (Lipinski definition) is 2. The standard InChI is InChI=1S/C17H26N6OS.ClH/c1-22(2)17(19)21-16(18)20-13-6-8-14(9-7-13)25-12-15(24)23-10-4-3-5-11-23;/h6-9H,3-5,10-12H2,1-2H3,(H4,18,19,20,21);1H. The molecule has 0 spiro atoms. The molecule has 144 valence electrons. The molecule has 1 aromatic carbocycles. The number of aliphatic imine (C=N–C) groups is 2. The van der Waals surface area contributed by atoms with Crippen molar-refractivity contribution in [3.63, 3.8) is 0 Å². The second kappa shape index (κ2) is 10.9. The molecule has 9 heteroatoms. The zero-order valence-electron chi connectivity index (χ0n) is 15.2. The lowest BCUT2D eigenvalue weighted by molar-refractivity contribution is -0.129. The van der Waals surface area contributed by atoms with Gasteiger partial charge < -0.3 is 21.3 Å². The summed E-state index contributed by atoms with van der Waals surface area (Å²) in [6.45, 7) is 1.78. The molecule has 1 aromatic rings. The molecule has 0 aromatic heterocycles. The van der Waals surface area contributed by atoms with E-state index in [0.717, 1.165) is 30.8 Å². The van der Waals surface area contributed by atoms with Crippen LogP contribution in [0.1, 0.15) is 19.3 Å². The number of halogens is 1. The zero-order chi connectivity index (χ0) is 18.2. The van der Waals surface area contributed by atoms with E-state index in [2.05, 4.69) is 9.98 Å². The van der Waals surface area contributed by atoms with Crippen molar-refractivity contribution in [2.45, 2.75) is 24.2 Å². The number of thioether (sulfide) groups is 1.